The summed E-state index contributed by atoms with van der Waals surface area (Å²) in [5.74, 6) is 0.256. The summed E-state index contributed by atoms with van der Waals surface area (Å²) in [5, 5.41) is 5.79. The second kappa shape index (κ2) is 7.75. The van der Waals surface area contributed by atoms with E-state index in [1.165, 1.54) is 0 Å². The lowest BCUT2D eigenvalue weighted by atomic mass is 10.1. The molecule has 1 aliphatic heterocycles. The van der Waals surface area contributed by atoms with Gasteiger partial charge in [0.2, 0.25) is 11.8 Å². The van der Waals surface area contributed by atoms with Gasteiger partial charge < -0.3 is 14.6 Å². The molecule has 2 aromatic heterocycles. The quantitative estimate of drug-likeness (QED) is 0.712. The highest BCUT2D eigenvalue weighted by molar-refractivity contribution is 7.13. The van der Waals surface area contributed by atoms with Gasteiger partial charge in [-0.05, 0) is 12.1 Å². The molecule has 138 valence electrons. The first-order chi connectivity index (χ1) is 13.2. The average molecular weight is 381 g/mol. The molecule has 1 aliphatic rings. The largest absolute Gasteiger partial charge is 0.467 e. The second-order valence-electron chi connectivity index (χ2n) is 6.48. The monoisotopic (exact) mass is 381 g/mol. The van der Waals surface area contributed by atoms with Crippen molar-refractivity contribution in [3.63, 3.8) is 0 Å². The number of carbonyl (C=O) groups excluding carboxylic acids is 2. The van der Waals surface area contributed by atoms with Gasteiger partial charge in [-0.25, -0.2) is 4.98 Å². The number of hydrogen-bond acceptors (Lipinski definition) is 5. The molecule has 4 rings (SSSR count). The van der Waals surface area contributed by atoms with E-state index >= 15 is 0 Å². The van der Waals surface area contributed by atoms with Crippen molar-refractivity contribution in [3.05, 3.63) is 65.6 Å². The molecule has 0 radical (unpaired) electrons. The normalized spacial score (nSPS) is 16.7. The van der Waals surface area contributed by atoms with Gasteiger partial charge >= 0.3 is 0 Å². The molecule has 1 N–H and O–H groups in total. The number of nitrogens with zero attached hydrogens (tertiary/aromatic N) is 2. The van der Waals surface area contributed by atoms with Gasteiger partial charge in [0.15, 0.2) is 0 Å². The van der Waals surface area contributed by atoms with Crippen LogP contribution < -0.4 is 5.32 Å². The van der Waals surface area contributed by atoms with E-state index in [1.807, 2.05) is 41.8 Å². The number of benzene rings is 1. The Hall–Kier alpha value is -2.93. The van der Waals surface area contributed by atoms with E-state index in [0.29, 0.717) is 19.6 Å². The minimum Gasteiger partial charge on any atom is -0.467 e. The first kappa shape index (κ1) is 17.5. The molecule has 6 nitrogen and oxygen atoms in total. The van der Waals surface area contributed by atoms with E-state index in [0.717, 1.165) is 22.0 Å². The van der Waals surface area contributed by atoms with Crippen LogP contribution in [0.25, 0.3) is 10.6 Å². The average Bonchev–Trinajstić information content (AvgIpc) is 3.43. The fraction of sp³-hybridized carbons (Fsp3) is 0.250. The van der Waals surface area contributed by atoms with Crippen LogP contribution in [-0.4, -0.2) is 28.2 Å². The highest BCUT2D eigenvalue weighted by Crippen LogP contribution is 2.24. The molecule has 1 saturated heterocycles. The van der Waals surface area contributed by atoms with Crippen molar-refractivity contribution < 1.29 is 14.0 Å². The molecule has 1 fully saturated rings. The van der Waals surface area contributed by atoms with Crippen LogP contribution >= 0.6 is 11.3 Å². The first-order valence-corrected chi connectivity index (χ1v) is 9.64. The Bertz CT molecular complexity index is 921. The number of furan rings is 1. The van der Waals surface area contributed by atoms with Crippen LogP contribution in [0.1, 0.15) is 17.9 Å². The summed E-state index contributed by atoms with van der Waals surface area (Å²) < 4.78 is 5.28. The third-order valence-electron chi connectivity index (χ3n) is 4.53. The van der Waals surface area contributed by atoms with Crippen molar-refractivity contribution in [2.75, 3.05) is 6.54 Å². The Labute approximate surface area is 160 Å². The summed E-state index contributed by atoms with van der Waals surface area (Å²) in [5.41, 5.74) is 1.89. The number of carbonyl (C=O) groups is 2. The summed E-state index contributed by atoms with van der Waals surface area (Å²) in [6, 6.07) is 13.6. The van der Waals surface area contributed by atoms with E-state index in [4.69, 9.17) is 4.42 Å². The van der Waals surface area contributed by atoms with E-state index in [9.17, 15) is 9.59 Å². The van der Waals surface area contributed by atoms with Crippen molar-refractivity contribution >= 4 is 23.2 Å². The summed E-state index contributed by atoms with van der Waals surface area (Å²) >= 11 is 1.55. The lowest BCUT2D eigenvalue weighted by molar-refractivity contribution is -0.129. The topological polar surface area (TPSA) is 75.4 Å². The summed E-state index contributed by atoms with van der Waals surface area (Å²) in [6.07, 6.45) is 1.82. The SMILES string of the molecule is O=C(NCc1csc(-c2ccccc2)n1)C1CC(=O)N(Cc2ccco2)C1. The highest BCUT2D eigenvalue weighted by Gasteiger charge is 2.34. The predicted molar refractivity (Wildman–Crippen MR) is 102 cm³/mol. The van der Waals surface area contributed by atoms with Crippen LogP contribution in [0.2, 0.25) is 0 Å². The molecular weight excluding hydrogens is 362 g/mol. The first-order valence-electron chi connectivity index (χ1n) is 8.77. The number of thiazole rings is 1. The number of rotatable bonds is 6. The fourth-order valence-corrected chi connectivity index (χ4v) is 3.94. The van der Waals surface area contributed by atoms with Gasteiger partial charge in [0.25, 0.3) is 0 Å². The van der Waals surface area contributed by atoms with Crippen LogP contribution in [-0.2, 0) is 22.7 Å². The van der Waals surface area contributed by atoms with Crippen molar-refractivity contribution in [1.82, 2.24) is 15.2 Å². The summed E-state index contributed by atoms with van der Waals surface area (Å²) in [6.45, 7) is 1.19. The smallest absolute Gasteiger partial charge is 0.225 e. The maximum atomic E-state index is 12.5. The molecule has 2 amide bonds. The van der Waals surface area contributed by atoms with E-state index in [2.05, 4.69) is 10.3 Å². The van der Waals surface area contributed by atoms with Crippen LogP contribution in [0, 0.1) is 5.92 Å². The van der Waals surface area contributed by atoms with E-state index < -0.39 is 0 Å². The van der Waals surface area contributed by atoms with Gasteiger partial charge in [0.1, 0.15) is 10.8 Å². The Morgan fingerprint density at radius 3 is 2.89 bits per heavy atom. The zero-order valence-corrected chi connectivity index (χ0v) is 15.4. The molecule has 27 heavy (non-hydrogen) atoms. The van der Waals surface area contributed by atoms with Crippen LogP contribution in [0.5, 0.6) is 0 Å². The van der Waals surface area contributed by atoms with Gasteiger partial charge in [-0.2, -0.15) is 0 Å². The Morgan fingerprint density at radius 2 is 2.11 bits per heavy atom. The van der Waals surface area contributed by atoms with Gasteiger partial charge in [-0.15, -0.1) is 11.3 Å². The molecule has 0 saturated carbocycles. The van der Waals surface area contributed by atoms with Gasteiger partial charge in [0.05, 0.1) is 31.0 Å². The Balaban J connectivity index is 1.31. The second-order valence-corrected chi connectivity index (χ2v) is 7.34. The fourth-order valence-electron chi connectivity index (χ4n) is 3.11. The maximum Gasteiger partial charge on any atom is 0.225 e. The third-order valence-corrected chi connectivity index (χ3v) is 5.47. The molecule has 3 aromatic rings. The molecule has 0 bridgehead atoms. The number of amides is 2. The number of aromatic nitrogens is 1. The van der Waals surface area contributed by atoms with Crippen LogP contribution in [0.4, 0.5) is 0 Å². The molecule has 1 atom stereocenters. The highest BCUT2D eigenvalue weighted by atomic mass is 32.1. The minimum absolute atomic E-state index is 0.0217. The van der Waals surface area contributed by atoms with E-state index in [1.54, 1.807) is 28.6 Å². The van der Waals surface area contributed by atoms with E-state index in [-0.39, 0.29) is 24.2 Å². The maximum absolute atomic E-state index is 12.5. The zero-order valence-electron chi connectivity index (χ0n) is 14.6. The zero-order chi connectivity index (χ0) is 18.6. The summed E-state index contributed by atoms with van der Waals surface area (Å²) in [4.78, 5) is 30.8. The molecule has 0 spiro atoms. The molecule has 0 aliphatic carbocycles. The number of hydrogen-bond donors (Lipinski definition) is 1. The predicted octanol–water partition coefficient (Wildman–Crippen LogP) is 3.07. The Kier molecular flexibility index (Phi) is 5.02. The lowest BCUT2D eigenvalue weighted by Gasteiger charge is -2.14. The van der Waals surface area contributed by atoms with Crippen molar-refractivity contribution in [2.24, 2.45) is 5.92 Å². The number of likely N-dealkylation sites (tertiary alicyclic amines) is 1. The summed E-state index contributed by atoms with van der Waals surface area (Å²) in [7, 11) is 0. The van der Waals surface area contributed by atoms with Gasteiger partial charge in [-0.1, -0.05) is 30.3 Å². The number of nitrogens with one attached hydrogen (secondary N) is 1. The van der Waals surface area contributed by atoms with Crippen molar-refractivity contribution in [2.45, 2.75) is 19.5 Å². The molecule has 3 heterocycles. The standard InChI is InChI=1S/C20H19N3O3S/c24-18-9-15(11-23(18)12-17-7-4-8-26-17)19(25)21-10-16-13-27-20(22-16)14-5-2-1-3-6-14/h1-8,13,15H,9-12H2,(H,21,25). The molecule has 1 unspecified atom stereocenters. The molecule has 7 heteroatoms. The third kappa shape index (κ3) is 4.09. The van der Waals surface area contributed by atoms with Gasteiger partial charge in [0, 0.05) is 23.9 Å². The lowest BCUT2D eigenvalue weighted by Crippen LogP contribution is -2.32. The van der Waals surface area contributed by atoms with Gasteiger partial charge in [-0.3, -0.25) is 9.59 Å². The Morgan fingerprint density at radius 1 is 1.26 bits per heavy atom. The van der Waals surface area contributed by atoms with Crippen LogP contribution in [0.3, 0.4) is 0 Å². The minimum atomic E-state index is -0.334. The van der Waals surface area contributed by atoms with Crippen molar-refractivity contribution in [1.29, 1.82) is 0 Å². The molecular formula is C20H19N3O3S. The molecule has 1 aromatic carbocycles. The van der Waals surface area contributed by atoms with Crippen molar-refractivity contribution in [3.8, 4) is 10.6 Å². The van der Waals surface area contributed by atoms with Crippen LogP contribution in [0.15, 0.2) is 58.5 Å².